The quantitative estimate of drug-likeness (QED) is 0.448. The van der Waals surface area contributed by atoms with Gasteiger partial charge < -0.3 is 14.1 Å². The fraction of sp³-hybridized carbons (Fsp3) is 0.217. The van der Waals surface area contributed by atoms with Crippen molar-refractivity contribution >= 4 is 28.3 Å². The largest absolute Gasteiger partial charge is 0.497 e. The third-order valence-electron chi connectivity index (χ3n) is 5.36. The van der Waals surface area contributed by atoms with Crippen LogP contribution in [0.4, 0.5) is 0 Å². The SMILES string of the molecule is COc1ccc(-c2ccc3oc(C4CCCN4C(=O)c4cccs4)nc3c2)cc1. The molecule has 146 valence electrons. The smallest absolute Gasteiger partial charge is 0.264 e. The molecule has 5 nitrogen and oxygen atoms in total. The number of likely N-dealkylation sites (tertiary alicyclic amines) is 1. The van der Waals surface area contributed by atoms with Crippen molar-refractivity contribution < 1.29 is 13.9 Å². The van der Waals surface area contributed by atoms with E-state index in [1.165, 1.54) is 11.3 Å². The normalized spacial score (nSPS) is 16.4. The fourth-order valence-electron chi connectivity index (χ4n) is 3.86. The van der Waals surface area contributed by atoms with E-state index >= 15 is 0 Å². The van der Waals surface area contributed by atoms with Crippen LogP contribution in [0.25, 0.3) is 22.2 Å². The minimum absolute atomic E-state index is 0.0590. The minimum atomic E-state index is -0.110. The second-order valence-electron chi connectivity index (χ2n) is 7.10. The van der Waals surface area contributed by atoms with Crippen LogP contribution in [0.1, 0.15) is 34.4 Å². The molecule has 0 N–H and O–H groups in total. The highest BCUT2D eigenvalue weighted by atomic mass is 32.1. The average molecular weight is 404 g/mol. The second kappa shape index (κ2) is 7.37. The summed E-state index contributed by atoms with van der Waals surface area (Å²) in [6, 6.07) is 17.6. The summed E-state index contributed by atoms with van der Waals surface area (Å²) in [4.78, 5) is 20.3. The first-order valence-corrected chi connectivity index (χ1v) is 10.5. The van der Waals surface area contributed by atoms with Gasteiger partial charge in [-0.15, -0.1) is 11.3 Å². The molecular weight excluding hydrogens is 384 g/mol. The summed E-state index contributed by atoms with van der Waals surface area (Å²) in [7, 11) is 1.66. The minimum Gasteiger partial charge on any atom is -0.497 e. The molecule has 1 unspecified atom stereocenters. The summed E-state index contributed by atoms with van der Waals surface area (Å²) in [6.07, 6.45) is 1.83. The van der Waals surface area contributed by atoms with E-state index in [1.807, 2.05) is 64.9 Å². The van der Waals surface area contributed by atoms with Crippen LogP contribution in [-0.2, 0) is 0 Å². The van der Waals surface area contributed by atoms with Gasteiger partial charge in [0, 0.05) is 6.54 Å². The van der Waals surface area contributed by atoms with Gasteiger partial charge in [-0.1, -0.05) is 24.3 Å². The first-order valence-electron chi connectivity index (χ1n) is 9.62. The van der Waals surface area contributed by atoms with Crippen LogP contribution in [0.2, 0.25) is 0 Å². The highest BCUT2D eigenvalue weighted by Gasteiger charge is 2.34. The molecule has 0 bridgehead atoms. The lowest BCUT2D eigenvalue weighted by molar-refractivity contribution is 0.0722. The number of methoxy groups -OCH3 is 1. The van der Waals surface area contributed by atoms with Crippen LogP contribution in [0, 0.1) is 0 Å². The molecule has 0 aliphatic carbocycles. The molecule has 1 fully saturated rings. The van der Waals surface area contributed by atoms with Gasteiger partial charge in [0.15, 0.2) is 5.58 Å². The van der Waals surface area contributed by atoms with Crippen molar-refractivity contribution in [1.82, 2.24) is 9.88 Å². The molecule has 0 spiro atoms. The van der Waals surface area contributed by atoms with E-state index in [1.54, 1.807) is 7.11 Å². The summed E-state index contributed by atoms with van der Waals surface area (Å²) < 4.78 is 11.3. The molecule has 0 saturated carbocycles. The predicted octanol–water partition coefficient (Wildman–Crippen LogP) is 5.54. The monoisotopic (exact) mass is 404 g/mol. The van der Waals surface area contributed by atoms with Crippen molar-refractivity contribution in [3.63, 3.8) is 0 Å². The Morgan fingerprint density at radius 3 is 2.76 bits per heavy atom. The summed E-state index contributed by atoms with van der Waals surface area (Å²) in [6.45, 7) is 0.733. The van der Waals surface area contributed by atoms with Gasteiger partial charge in [0.05, 0.1) is 12.0 Å². The van der Waals surface area contributed by atoms with Crippen LogP contribution in [0.5, 0.6) is 5.75 Å². The molecule has 2 aromatic carbocycles. The number of hydrogen-bond acceptors (Lipinski definition) is 5. The molecule has 29 heavy (non-hydrogen) atoms. The zero-order chi connectivity index (χ0) is 19.8. The highest BCUT2D eigenvalue weighted by Crippen LogP contribution is 2.35. The maximum atomic E-state index is 12.9. The Hall–Kier alpha value is -3.12. The first kappa shape index (κ1) is 17.9. The molecule has 0 radical (unpaired) electrons. The van der Waals surface area contributed by atoms with E-state index in [0.717, 1.165) is 52.2 Å². The van der Waals surface area contributed by atoms with Gasteiger partial charge in [0.2, 0.25) is 5.89 Å². The van der Waals surface area contributed by atoms with E-state index in [0.29, 0.717) is 5.89 Å². The van der Waals surface area contributed by atoms with Crippen LogP contribution in [-0.4, -0.2) is 29.4 Å². The predicted molar refractivity (Wildman–Crippen MR) is 113 cm³/mol. The third-order valence-corrected chi connectivity index (χ3v) is 6.22. The molecule has 6 heteroatoms. The van der Waals surface area contributed by atoms with Crippen molar-refractivity contribution in [2.75, 3.05) is 13.7 Å². The molecule has 5 rings (SSSR count). The number of aromatic nitrogens is 1. The molecule has 1 saturated heterocycles. The molecule has 4 aromatic rings. The Morgan fingerprint density at radius 1 is 1.17 bits per heavy atom. The van der Waals surface area contributed by atoms with Gasteiger partial charge >= 0.3 is 0 Å². The van der Waals surface area contributed by atoms with E-state index in [9.17, 15) is 4.79 Å². The van der Waals surface area contributed by atoms with E-state index in [4.69, 9.17) is 14.1 Å². The lowest BCUT2D eigenvalue weighted by atomic mass is 10.1. The third kappa shape index (κ3) is 3.29. The highest BCUT2D eigenvalue weighted by molar-refractivity contribution is 7.12. The second-order valence-corrected chi connectivity index (χ2v) is 8.04. The van der Waals surface area contributed by atoms with Crippen molar-refractivity contribution in [2.24, 2.45) is 0 Å². The number of nitrogens with zero attached hydrogens (tertiary/aromatic N) is 2. The van der Waals surface area contributed by atoms with Crippen molar-refractivity contribution in [3.05, 3.63) is 70.7 Å². The number of hydrogen-bond donors (Lipinski definition) is 0. The number of rotatable bonds is 4. The Balaban J connectivity index is 1.45. The van der Waals surface area contributed by atoms with E-state index < -0.39 is 0 Å². The number of fused-ring (bicyclic) bond motifs is 1. The van der Waals surface area contributed by atoms with Crippen LogP contribution < -0.4 is 4.74 Å². The average Bonchev–Trinajstić information content (AvgIpc) is 3.52. The zero-order valence-corrected chi connectivity index (χ0v) is 16.8. The molecule has 1 atom stereocenters. The lowest BCUT2D eigenvalue weighted by Gasteiger charge is -2.21. The molecule has 1 amide bonds. The van der Waals surface area contributed by atoms with Gasteiger partial charge in [0.1, 0.15) is 17.3 Å². The molecule has 2 aromatic heterocycles. The molecular formula is C23H20N2O3S. The number of carbonyl (C=O) groups excluding carboxylic acids is 1. The summed E-state index contributed by atoms with van der Waals surface area (Å²) >= 11 is 1.47. The standard InChI is InChI=1S/C23H20N2O3S/c1-27-17-9-6-15(7-10-17)16-8-11-20-18(14-16)24-22(28-20)19-4-2-12-25(19)23(26)21-5-3-13-29-21/h3,5-11,13-14,19H,2,4,12H2,1H3. The summed E-state index contributed by atoms with van der Waals surface area (Å²) in [5.74, 6) is 1.51. The number of amides is 1. The van der Waals surface area contributed by atoms with Crippen LogP contribution in [0.15, 0.2) is 64.4 Å². The van der Waals surface area contributed by atoms with Crippen molar-refractivity contribution in [3.8, 4) is 16.9 Å². The van der Waals surface area contributed by atoms with Crippen molar-refractivity contribution in [2.45, 2.75) is 18.9 Å². The number of benzene rings is 2. The molecule has 1 aliphatic rings. The Bertz CT molecular complexity index is 1150. The molecule has 1 aliphatic heterocycles. The first-order chi connectivity index (χ1) is 14.2. The Morgan fingerprint density at radius 2 is 2.00 bits per heavy atom. The van der Waals surface area contributed by atoms with E-state index in [2.05, 4.69) is 0 Å². The van der Waals surface area contributed by atoms with Crippen LogP contribution >= 0.6 is 11.3 Å². The zero-order valence-electron chi connectivity index (χ0n) is 16.0. The maximum Gasteiger partial charge on any atom is 0.264 e. The molecule has 3 heterocycles. The van der Waals surface area contributed by atoms with Crippen LogP contribution in [0.3, 0.4) is 0 Å². The topological polar surface area (TPSA) is 55.6 Å². The number of carbonyl (C=O) groups is 1. The van der Waals surface area contributed by atoms with Crippen molar-refractivity contribution in [1.29, 1.82) is 0 Å². The number of thiophene rings is 1. The Labute approximate surface area is 172 Å². The number of oxazole rings is 1. The Kier molecular flexibility index (Phi) is 4.56. The maximum absolute atomic E-state index is 12.9. The lowest BCUT2D eigenvalue weighted by Crippen LogP contribution is -2.30. The van der Waals surface area contributed by atoms with Gasteiger partial charge in [-0.05, 0) is 59.7 Å². The summed E-state index contributed by atoms with van der Waals surface area (Å²) in [5, 5.41) is 1.93. The van der Waals surface area contributed by atoms with E-state index in [-0.39, 0.29) is 11.9 Å². The van der Waals surface area contributed by atoms with Gasteiger partial charge in [-0.3, -0.25) is 4.79 Å². The summed E-state index contributed by atoms with van der Waals surface area (Å²) in [5.41, 5.74) is 3.71. The van der Waals surface area contributed by atoms with Gasteiger partial charge in [0.25, 0.3) is 5.91 Å². The van der Waals surface area contributed by atoms with Gasteiger partial charge in [-0.2, -0.15) is 0 Å². The number of ether oxygens (including phenoxy) is 1. The fourth-order valence-corrected chi connectivity index (χ4v) is 4.54. The van der Waals surface area contributed by atoms with Gasteiger partial charge in [-0.25, -0.2) is 4.98 Å².